The summed E-state index contributed by atoms with van der Waals surface area (Å²) in [5.74, 6) is 7.48. The third-order valence-electron chi connectivity index (χ3n) is 4.55. The molecule has 0 saturated heterocycles. The van der Waals surface area contributed by atoms with E-state index in [1.807, 2.05) is 18.2 Å². The van der Waals surface area contributed by atoms with Gasteiger partial charge in [-0.15, -0.1) is 10.2 Å². The Kier molecular flexibility index (Phi) is 8.61. The molecule has 0 saturated carbocycles. The molecule has 32 heavy (non-hydrogen) atoms. The standard InChI is InChI=1S/C27H31N3OS/c1-5-16-30(17-8-6-7-15-27(2,3)4)20-26-29-28-25(31-26)13-12-22-10-9-11-23(19-22)24-14-18-32-21-24/h6,8-14,18-19,21H,5,16-17,20H2,1-4H3/b8-6?,13-12+. The molecule has 0 aliphatic carbocycles. The van der Waals surface area contributed by atoms with Crippen molar-refractivity contribution < 1.29 is 4.42 Å². The monoisotopic (exact) mass is 445 g/mol. The highest BCUT2D eigenvalue weighted by Crippen LogP contribution is 2.23. The van der Waals surface area contributed by atoms with Gasteiger partial charge in [0.05, 0.1) is 6.54 Å². The molecular formula is C27H31N3OS. The van der Waals surface area contributed by atoms with E-state index >= 15 is 0 Å². The Hall–Kier alpha value is -2.94. The van der Waals surface area contributed by atoms with E-state index in [0.29, 0.717) is 18.3 Å². The van der Waals surface area contributed by atoms with E-state index in [2.05, 4.69) is 102 Å². The largest absolute Gasteiger partial charge is 0.420 e. The number of aromatic nitrogens is 2. The molecule has 0 unspecified atom stereocenters. The van der Waals surface area contributed by atoms with Crippen molar-refractivity contribution in [3.05, 3.63) is 70.6 Å². The molecular weight excluding hydrogens is 414 g/mol. The van der Waals surface area contributed by atoms with Crippen LogP contribution < -0.4 is 0 Å². The molecule has 1 aromatic carbocycles. The first-order valence-corrected chi connectivity index (χ1v) is 11.9. The van der Waals surface area contributed by atoms with Gasteiger partial charge in [-0.3, -0.25) is 4.90 Å². The molecule has 2 heterocycles. The van der Waals surface area contributed by atoms with Crippen LogP contribution in [0.4, 0.5) is 0 Å². The molecule has 0 aliphatic rings. The predicted octanol–water partition coefficient (Wildman–Crippen LogP) is 6.79. The highest BCUT2D eigenvalue weighted by Gasteiger charge is 2.09. The quantitative estimate of drug-likeness (QED) is 0.340. The summed E-state index contributed by atoms with van der Waals surface area (Å²) in [6, 6.07) is 10.5. The average Bonchev–Trinajstić information content (AvgIpc) is 3.44. The second kappa shape index (κ2) is 11.6. The predicted molar refractivity (Wildman–Crippen MR) is 135 cm³/mol. The molecule has 0 atom stereocenters. The minimum Gasteiger partial charge on any atom is -0.420 e. The van der Waals surface area contributed by atoms with Crippen molar-refractivity contribution in [3.63, 3.8) is 0 Å². The van der Waals surface area contributed by atoms with Crippen LogP contribution in [0.2, 0.25) is 0 Å². The van der Waals surface area contributed by atoms with E-state index in [0.717, 1.165) is 25.1 Å². The average molecular weight is 446 g/mol. The van der Waals surface area contributed by atoms with Crippen molar-refractivity contribution in [2.75, 3.05) is 13.1 Å². The highest BCUT2D eigenvalue weighted by molar-refractivity contribution is 7.08. The summed E-state index contributed by atoms with van der Waals surface area (Å²) in [4.78, 5) is 2.28. The van der Waals surface area contributed by atoms with Gasteiger partial charge in [0.2, 0.25) is 11.8 Å². The number of hydrogen-bond acceptors (Lipinski definition) is 5. The molecule has 0 bridgehead atoms. The third-order valence-corrected chi connectivity index (χ3v) is 5.24. The smallest absolute Gasteiger partial charge is 0.240 e. The number of benzene rings is 1. The molecule has 0 amide bonds. The lowest BCUT2D eigenvalue weighted by molar-refractivity contribution is 0.262. The Morgan fingerprint density at radius 2 is 2.00 bits per heavy atom. The molecule has 0 radical (unpaired) electrons. The fourth-order valence-electron chi connectivity index (χ4n) is 3.08. The third kappa shape index (κ3) is 7.96. The molecule has 166 valence electrons. The van der Waals surface area contributed by atoms with E-state index in [4.69, 9.17) is 4.42 Å². The lowest BCUT2D eigenvalue weighted by Crippen LogP contribution is -2.24. The maximum absolute atomic E-state index is 5.86. The van der Waals surface area contributed by atoms with Gasteiger partial charge in [0.15, 0.2) is 0 Å². The molecule has 0 spiro atoms. The van der Waals surface area contributed by atoms with Crippen LogP contribution in [0.3, 0.4) is 0 Å². The van der Waals surface area contributed by atoms with Gasteiger partial charge in [0.1, 0.15) is 0 Å². The molecule has 3 rings (SSSR count). The topological polar surface area (TPSA) is 42.2 Å². The second-order valence-corrected chi connectivity index (χ2v) is 9.44. The van der Waals surface area contributed by atoms with Crippen LogP contribution in [0.15, 0.2) is 57.7 Å². The van der Waals surface area contributed by atoms with E-state index in [1.165, 1.54) is 11.1 Å². The molecule has 3 aromatic rings. The van der Waals surface area contributed by atoms with Gasteiger partial charge in [-0.1, -0.05) is 43.0 Å². The molecule has 4 nitrogen and oxygen atoms in total. The van der Waals surface area contributed by atoms with E-state index in [1.54, 1.807) is 11.3 Å². The number of hydrogen-bond donors (Lipinski definition) is 0. The summed E-state index contributed by atoms with van der Waals surface area (Å²) in [5, 5.41) is 12.7. The molecule has 0 N–H and O–H groups in total. The van der Waals surface area contributed by atoms with Crippen LogP contribution in [-0.2, 0) is 6.54 Å². The fourth-order valence-corrected chi connectivity index (χ4v) is 3.74. The summed E-state index contributed by atoms with van der Waals surface area (Å²) in [6.07, 6.45) is 8.96. The van der Waals surface area contributed by atoms with Gasteiger partial charge in [0, 0.05) is 18.0 Å². The van der Waals surface area contributed by atoms with Crippen molar-refractivity contribution in [1.82, 2.24) is 15.1 Å². The van der Waals surface area contributed by atoms with Crippen molar-refractivity contribution >= 4 is 23.5 Å². The van der Waals surface area contributed by atoms with Crippen LogP contribution in [0, 0.1) is 17.3 Å². The van der Waals surface area contributed by atoms with Crippen LogP contribution in [0.5, 0.6) is 0 Å². The van der Waals surface area contributed by atoms with Crippen molar-refractivity contribution in [3.8, 4) is 23.0 Å². The Labute approximate surface area is 195 Å². The van der Waals surface area contributed by atoms with Crippen LogP contribution in [0.25, 0.3) is 23.3 Å². The van der Waals surface area contributed by atoms with Crippen LogP contribution in [-0.4, -0.2) is 28.2 Å². The lowest BCUT2D eigenvalue weighted by atomic mass is 9.98. The molecule has 0 fully saturated rings. The van der Waals surface area contributed by atoms with Crippen molar-refractivity contribution in [2.45, 2.75) is 40.7 Å². The number of allylic oxidation sites excluding steroid dienone is 1. The Balaban J connectivity index is 1.59. The SMILES string of the molecule is CCCN(CC=CC#CC(C)(C)C)Cc1nnc(/C=C/c2cccc(-c3ccsc3)c2)o1. The van der Waals surface area contributed by atoms with Gasteiger partial charge < -0.3 is 4.42 Å². The summed E-state index contributed by atoms with van der Waals surface area (Å²) < 4.78 is 5.86. The minimum absolute atomic E-state index is 0.0202. The minimum atomic E-state index is 0.0202. The zero-order chi connectivity index (χ0) is 22.8. The molecule has 2 aromatic heterocycles. The van der Waals surface area contributed by atoms with E-state index in [-0.39, 0.29) is 5.41 Å². The summed E-state index contributed by atoms with van der Waals surface area (Å²) in [5.41, 5.74) is 3.56. The van der Waals surface area contributed by atoms with Gasteiger partial charge in [0.25, 0.3) is 0 Å². The fraction of sp³-hybridized carbons (Fsp3) is 0.333. The maximum atomic E-state index is 5.86. The number of thiophene rings is 1. The van der Waals surface area contributed by atoms with Gasteiger partial charge in [-0.05, 0) is 85.5 Å². The Morgan fingerprint density at radius 3 is 2.75 bits per heavy atom. The zero-order valence-electron chi connectivity index (χ0n) is 19.3. The first kappa shape index (κ1) is 23.7. The van der Waals surface area contributed by atoms with E-state index < -0.39 is 0 Å². The van der Waals surface area contributed by atoms with E-state index in [9.17, 15) is 0 Å². The summed E-state index contributed by atoms with van der Waals surface area (Å²) in [6.45, 7) is 10.9. The van der Waals surface area contributed by atoms with Crippen LogP contribution >= 0.6 is 11.3 Å². The first-order valence-electron chi connectivity index (χ1n) is 11.0. The van der Waals surface area contributed by atoms with Gasteiger partial charge >= 0.3 is 0 Å². The second-order valence-electron chi connectivity index (χ2n) is 8.66. The first-order chi connectivity index (χ1) is 15.4. The molecule has 5 heteroatoms. The molecule has 0 aliphatic heterocycles. The van der Waals surface area contributed by atoms with Crippen LogP contribution in [0.1, 0.15) is 51.5 Å². The summed E-state index contributed by atoms with van der Waals surface area (Å²) >= 11 is 1.70. The van der Waals surface area contributed by atoms with Crippen molar-refractivity contribution in [2.24, 2.45) is 5.41 Å². The maximum Gasteiger partial charge on any atom is 0.240 e. The lowest BCUT2D eigenvalue weighted by Gasteiger charge is -2.17. The number of rotatable bonds is 9. The highest BCUT2D eigenvalue weighted by atomic mass is 32.1. The van der Waals surface area contributed by atoms with Crippen molar-refractivity contribution in [1.29, 1.82) is 0 Å². The zero-order valence-corrected chi connectivity index (χ0v) is 20.2. The normalized spacial score (nSPS) is 12.0. The number of nitrogens with zero attached hydrogens (tertiary/aromatic N) is 3. The Morgan fingerprint density at radius 1 is 1.12 bits per heavy atom. The summed E-state index contributed by atoms with van der Waals surface area (Å²) in [7, 11) is 0. The van der Waals surface area contributed by atoms with Gasteiger partial charge in [-0.25, -0.2) is 0 Å². The Bertz CT molecular complexity index is 1090. The van der Waals surface area contributed by atoms with Gasteiger partial charge in [-0.2, -0.15) is 11.3 Å².